The van der Waals surface area contributed by atoms with Gasteiger partial charge in [-0.1, -0.05) is 12.1 Å². The molecule has 0 unspecified atom stereocenters. The maximum absolute atomic E-state index is 13.2. The molecule has 26 heavy (non-hydrogen) atoms. The van der Waals surface area contributed by atoms with E-state index in [4.69, 9.17) is 0 Å². The molecule has 1 aliphatic heterocycles. The molecular formula is C18H17FN6O. The minimum atomic E-state index is -0.652. The third-order valence-electron chi connectivity index (χ3n) is 5.12. The number of nitrogens with zero attached hydrogens (tertiary/aromatic N) is 5. The van der Waals surface area contributed by atoms with E-state index < -0.39 is 5.41 Å². The van der Waals surface area contributed by atoms with Crippen molar-refractivity contribution >= 4 is 17.0 Å². The average molecular weight is 352 g/mol. The van der Waals surface area contributed by atoms with E-state index >= 15 is 0 Å². The van der Waals surface area contributed by atoms with Gasteiger partial charge in [-0.25, -0.2) is 4.39 Å². The first-order chi connectivity index (χ1) is 12.5. The maximum atomic E-state index is 13.2. The number of aromatic nitrogens is 4. The van der Waals surface area contributed by atoms with Crippen LogP contribution in [0.15, 0.2) is 35.3 Å². The van der Waals surface area contributed by atoms with E-state index in [-0.39, 0.29) is 11.4 Å². The molecule has 1 saturated heterocycles. The van der Waals surface area contributed by atoms with Gasteiger partial charge in [0, 0.05) is 20.1 Å². The quantitative estimate of drug-likeness (QED) is 0.760. The summed E-state index contributed by atoms with van der Waals surface area (Å²) in [5, 5.41) is 14.3. The molecule has 0 radical (unpaired) electrons. The fraction of sp³-hybridized carbons (Fsp3) is 0.333. The second kappa shape index (κ2) is 5.95. The SMILES string of the molecule is Cn1ncc2c(=O)[nH]c(N3CCC(C#N)(c4ccc(F)cc4)CC3)nc21. The standard InChI is InChI=1S/C18H17FN6O/c1-24-15-14(10-21-24)16(26)23-17(22-15)25-8-6-18(11-20,7-9-25)12-2-4-13(19)5-3-12/h2-5,10H,6-9H2,1H3,(H,22,23,26). The highest BCUT2D eigenvalue weighted by Crippen LogP contribution is 2.35. The molecule has 3 heterocycles. The number of aryl methyl sites for hydroxylation is 1. The van der Waals surface area contributed by atoms with Crippen LogP contribution in [0.25, 0.3) is 11.0 Å². The van der Waals surface area contributed by atoms with Crippen LogP contribution in [0.4, 0.5) is 10.3 Å². The Labute approximate surface area is 148 Å². The third-order valence-corrected chi connectivity index (χ3v) is 5.12. The van der Waals surface area contributed by atoms with Crippen molar-refractivity contribution < 1.29 is 4.39 Å². The van der Waals surface area contributed by atoms with Gasteiger partial charge < -0.3 is 4.90 Å². The van der Waals surface area contributed by atoms with Crippen molar-refractivity contribution in [3.05, 3.63) is 52.2 Å². The Morgan fingerprint density at radius 3 is 2.62 bits per heavy atom. The summed E-state index contributed by atoms with van der Waals surface area (Å²) < 4.78 is 14.8. The van der Waals surface area contributed by atoms with E-state index in [1.165, 1.54) is 18.3 Å². The Kier molecular flexibility index (Phi) is 3.72. The number of hydrogen-bond donors (Lipinski definition) is 1. The fourth-order valence-corrected chi connectivity index (χ4v) is 3.50. The van der Waals surface area contributed by atoms with Gasteiger partial charge in [0.15, 0.2) is 5.65 Å². The molecule has 1 aliphatic rings. The molecule has 0 spiro atoms. The highest BCUT2D eigenvalue weighted by molar-refractivity contribution is 5.74. The summed E-state index contributed by atoms with van der Waals surface area (Å²) in [6.45, 7) is 1.13. The number of H-pyrrole nitrogens is 1. The van der Waals surface area contributed by atoms with Gasteiger partial charge in [-0.15, -0.1) is 0 Å². The van der Waals surface area contributed by atoms with Crippen LogP contribution >= 0.6 is 0 Å². The molecular weight excluding hydrogens is 335 g/mol. The van der Waals surface area contributed by atoms with Gasteiger partial charge in [-0.3, -0.25) is 14.5 Å². The van der Waals surface area contributed by atoms with Gasteiger partial charge in [0.25, 0.3) is 5.56 Å². The van der Waals surface area contributed by atoms with Crippen molar-refractivity contribution in [3.8, 4) is 6.07 Å². The van der Waals surface area contributed by atoms with E-state index in [0.717, 1.165) is 5.56 Å². The predicted octanol–water partition coefficient (Wildman–Crippen LogP) is 1.86. The second-order valence-electron chi connectivity index (χ2n) is 6.58. The minimum absolute atomic E-state index is 0.228. The molecule has 132 valence electrons. The van der Waals surface area contributed by atoms with Crippen molar-refractivity contribution in [1.29, 1.82) is 5.26 Å². The number of anilines is 1. The molecule has 1 fully saturated rings. The monoisotopic (exact) mass is 352 g/mol. The lowest BCUT2D eigenvalue weighted by Crippen LogP contribution is -2.43. The van der Waals surface area contributed by atoms with E-state index in [2.05, 4.69) is 21.1 Å². The number of hydrogen-bond acceptors (Lipinski definition) is 5. The molecule has 7 nitrogen and oxygen atoms in total. The number of fused-ring (bicyclic) bond motifs is 1. The summed E-state index contributed by atoms with van der Waals surface area (Å²) in [6.07, 6.45) is 2.64. The molecule has 0 aliphatic carbocycles. The summed E-state index contributed by atoms with van der Waals surface area (Å²) in [4.78, 5) is 21.5. The van der Waals surface area contributed by atoms with Crippen LogP contribution in [-0.4, -0.2) is 32.8 Å². The second-order valence-corrected chi connectivity index (χ2v) is 6.58. The minimum Gasteiger partial charge on any atom is -0.342 e. The zero-order valence-electron chi connectivity index (χ0n) is 14.2. The molecule has 2 aromatic heterocycles. The molecule has 1 N–H and O–H groups in total. The van der Waals surface area contributed by atoms with Crippen LogP contribution in [0.3, 0.4) is 0 Å². The van der Waals surface area contributed by atoms with Gasteiger partial charge in [0.05, 0.1) is 17.7 Å². The molecule has 3 aromatic rings. The molecule has 0 atom stereocenters. The van der Waals surface area contributed by atoms with Crippen LogP contribution in [0.5, 0.6) is 0 Å². The molecule has 0 saturated carbocycles. The Bertz CT molecular complexity index is 1050. The van der Waals surface area contributed by atoms with Gasteiger partial charge >= 0.3 is 0 Å². The van der Waals surface area contributed by atoms with Crippen molar-refractivity contribution in [1.82, 2.24) is 19.7 Å². The van der Waals surface area contributed by atoms with Gasteiger partial charge in [-0.2, -0.15) is 15.3 Å². The number of halogens is 1. The number of piperidine rings is 1. The molecule has 0 amide bonds. The lowest BCUT2D eigenvalue weighted by molar-refractivity contribution is 0.412. The van der Waals surface area contributed by atoms with Crippen molar-refractivity contribution in [2.24, 2.45) is 7.05 Å². The van der Waals surface area contributed by atoms with E-state index in [0.29, 0.717) is 42.9 Å². The highest BCUT2D eigenvalue weighted by atomic mass is 19.1. The highest BCUT2D eigenvalue weighted by Gasteiger charge is 2.37. The first-order valence-electron chi connectivity index (χ1n) is 8.37. The van der Waals surface area contributed by atoms with Crippen molar-refractivity contribution in [2.45, 2.75) is 18.3 Å². The Balaban J connectivity index is 1.62. The van der Waals surface area contributed by atoms with Crippen LogP contribution in [-0.2, 0) is 12.5 Å². The number of aromatic amines is 1. The third kappa shape index (κ3) is 2.52. The average Bonchev–Trinajstić information content (AvgIpc) is 3.04. The summed E-state index contributed by atoms with van der Waals surface area (Å²) in [7, 11) is 1.74. The van der Waals surface area contributed by atoms with Crippen LogP contribution in [0.2, 0.25) is 0 Å². The fourth-order valence-electron chi connectivity index (χ4n) is 3.50. The maximum Gasteiger partial charge on any atom is 0.263 e. The van der Waals surface area contributed by atoms with Crippen LogP contribution < -0.4 is 10.5 Å². The Morgan fingerprint density at radius 1 is 1.27 bits per heavy atom. The van der Waals surface area contributed by atoms with Gasteiger partial charge in [-0.05, 0) is 30.5 Å². The van der Waals surface area contributed by atoms with Crippen LogP contribution in [0, 0.1) is 17.1 Å². The molecule has 0 bridgehead atoms. The first-order valence-corrected chi connectivity index (χ1v) is 8.37. The number of rotatable bonds is 2. The topological polar surface area (TPSA) is 90.6 Å². The largest absolute Gasteiger partial charge is 0.342 e. The van der Waals surface area contributed by atoms with Crippen LogP contribution in [0.1, 0.15) is 18.4 Å². The lowest BCUT2D eigenvalue weighted by atomic mass is 9.74. The summed E-state index contributed by atoms with van der Waals surface area (Å²) in [5.74, 6) is 0.169. The van der Waals surface area contributed by atoms with E-state index in [1.54, 1.807) is 23.9 Å². The van der Waals surface area contributed by atoms with Crippen molar-refractivity contribution in [3.63, 3.8) is 0 Å². The summed E-state index contributed by atoms with van der Waals surface area (Å²) >= 11 is 0. The van der Waals surface area contributed by atoms with Gasteiger partial charge in [0.1, 0.15) is 11.2 Å². The first kappa shape index (κ1) is 16.3. The Hall–Kier alpha value is -3.21. The smallest absolute Gasteiger partial charge is 0.263 e. The lowest BCUT2D eigenvalue weighted by Gasteiger charge is -2.37. The molecule has 8 heteroatoms. The zero-order valence-corrected chi connectivity index (χ0v) is 14.2. The zero-order chi connectivity index (χ0) is 18.3. The summed E-state index contributed by atoms with van der Waals surface area (Å²) in [5.41, 5.74) is 0.471. The number of nitrogens with one attached hydrogen (secondary N) is 1. The van der Waals surface area contributed by atoms with E-state index in [1.807, 2.05) is 4.90 Å². The normalized spacial score (nSPS) is 16.6. The van der Waals surface area contributed by atoms with Gasteiger partial charge in [0.2, 0.25) is 5.95 Å². The molecule has 1 aromatic carbocycles. The van der Waals surface area contributed by atoms with Crippen molar-refractivity contribution in [2.75, 3.05) is 18.0 Å². The molecule has 4 rings (SSSR count). The number of nitriles is 1. The number of benzene rings is 1. The Morgan fingerprint density at radius 2 is 1.96 bits per heavy atom. The predicted molar refractivity (Wildman–Crippen MR) is 94.3 cm³/mol. The summed E-state index contributed by atoms with van der Waals surface area (Å²) in [6, 6.07) is 8.54. The van der Waals surface area contributed by atoms with E-state index in [9.17, 15) is 14.4 Å².